The van der Waals surface area contributed by atoms with Gasteiger partial charge in [0, 0.05) is 38.8 Å². The molecule has 0 unspecified atom stereocenters. The van der Waals surface area contributed by atoms with E-state index in [4.69, 9.17) is 19.4 Å². The van der Waals surface area contributed by atoms with Gasteiger partial charge in [0.25, 0.3) is 0 Å². The van der Waals surface area contributed by atoms with Crippen LogP contribution in [0.3, 0.4) is 0 Å². The lowest BCUT2D eigenvalue weighted by Gasteiger charge is -2.25. The lowest BCUT2D eigenvalue weighted by molar-refractivity contribution is 0.669. The lowest BCUT2D eigenvalue weighted by Crippen LogP contribution is -2.10. The van der Waals surface area contributed by atoms with E-state index in [0.29, 0.717) is 17.5 Å². The molecular formula is C43H28N4O. The van der Waals surface area contributed by atoms with E-state index in [1.807, 2.05) is 72.8 Å². The van der Waals surface area contributed by atoms with Crippen molar-refractivity contribution in [1.82, 2.24) is 15.0 Å². The van der Waals surface area contributed by atoms with Gasteiger partial charge in [-0.15, -0.1) is 0 Å². The standard InChI is InChI=1S/C43H28N4O/c1-4-14-30(15-5-1)41-44-42(31-16-6-2-7-17-31)46-43(45-41)33-24-26-36-37-21-12-22-38(40(37)48-39(36)28-33)47(34-19-8-3-9-20-34)35-25-23-29-13-10-11-18-32(29)27-35/h1-28H. The molecule has 5 heteroatoms. The summed E-state index contributed by atoms with van der Waals surface area (Å²) < 4.78 is 6.77. The second kappa shape index (κ2) is 11.6. The average molecular weight is 617 g/mol. The van der Waals surface area contributed by atoms with E-state index in [2.05, 4.69) is 102 Å². The molecule has 9 aromatic rings. The molecule has 48 heavy (non-hydrogen) atoms. The van der Waals surface area contributed by atoms with Crippen molar-refractivity contribution in [3.8, 4) is 34.2 Å². The maximum absolute atomic E-state index is 6.77. The fourth-order valence-electron chi connectivity index (χ4n) is 6.36. The van der Waals surface area contributed by atoms with Gasteiger partial charge in [-0.1, -0.05) is 127 Å². The Labute approximate surface area is 277 Å². The Hall–Kier alpha value is -6.59. The molecular weight excluding hydrogens is 589 g/mol. The monoisotopic (exact) mass is 616 g/mol. The number of anilines is 3. The molecule has 0 aliphatic rings. The van der Waals surface area contributed by atoms with E-state index in [1.54, 1.807) is 0 Å². The zero-order valence-electron chi connectivity index (χ0n) is 25.9. The number of hydrogen-bond acceptors (Lipinski definition) is 5. The number of fused-ring (bicyclic) bond motifs is 4. The predicted octanol–water partition coefficient (Wildman–Crippen LogP) is 11.4. The second-order valence-corrected chi connectivity index (χ2v) is 11.7. The van der Waals surface area contributed by atoms with Gasteiger partial charge in [-0.05, 0) is 53.2 Å². The fourth-order valence-corrected chi connectivity index (χ4v) is 6.36. The van der Waals surface area contributed by atoms with Crippen LogP contribution in [0.1, 0.15) is 0 Å². The van der Waals surface area contributed by atoms with Crippen molar-refractivity contribution in [2.45, 2.75) is 0 Å². The molecule has 0 radical (unpaired) electrons. The Bertz CT molecular complexity index is 2510. The molecule has 0 amide bonds. The first-order valence-electron chi connectivity index (χ1n) is 16.0. The summed E-state index contributed by atoms with van der Waals surface area (Å²) >= 11 is 0. The number of para-hydroxylation sites is 2. The van der Waals surface area contributed by atoms with Crippen LogP contribution < -0.4 is 4.90 Å². The minimum Gasteiger partial charge on any atom is -0.454 e. The first-order chi connectivity index (χ1) is 23.8. The van der Waals surface area contributed by atoms with Crippen LogP contribution in [0, 0.1) is 0 Å². The maximum atomic E-state index is 6.77. The highest BCUT2D eigenvalue weighted by Gasteiger charge is 2.20. The average Bonchev–Trinajstić information content (AvgIpc) is 3.55. The first-order valence-corrected chi connectivity index (χ1v) is 16.0. The van der Waals surface area contributed by atoms with Crippen molar-refractivity contribution in [1.29, 1.82) is 0 Å². The van der Waals surface area contributed by atoms with Gasteiger partial charge in [0.1, 0.15) is 5.58 Å². The van der Waals surface area contributed by atoms with Crippen molar-refractivity contribution in [2.24, 2.45) is 0 Å². The van der Waals surface area contributed by atoms with E-state index < -0.39 is 0 Å². The number of benzene rings is 7. The Morgan fingerprint density at radius 3 is 1.69 bits per heavy atom. The largest absolute Gasteiger partial charge is 0.454 e. The van der Waals surface area contributed by atoms with E-state index in [1.165, 1.54) is 10.8 Å². The summed E-state index contributed by atoms with van der Waals surface area (Å²) in [5.74, 6) is 1.84. The van der Waals surface area contributed by atoms with E-state index in [-0.39, 0.29) is 0 Å². The summed E-state index contributed by atoms with van der Waals surface area (Å²) in [7, 11) is 0. The third-order valence-electron chi connectivity index (χ3n) is 8.68. The predicted molar refractivity (Wildman–Crippen MR) is 196 cm³/mol. The maximum Gasteiger partial charge on any atom is 0.164 e. The number of rotatable bonds is 6. The molecule has 5 nitrogen and oxygen atoms in total. The minimum atomic E-state index is 0.590. The normalized spacial score (nSPS) is 11.3. The van der Waals surface area contributed by atoms with Gasteiger partial charge in [0.15, 0.2) is 23.1 Å². The highest BCUT2D eigenvalue weighted by molar-refractivity contribution is 6.11. The topological polar surface area (TPSA) is 55.1 Å². The molecule has 0 bridgehead atoms. The molecule has 0 aliphatic carbocycles. The zero-order valence-corrected chi connectivity index (χ0v) is 25.9. The summed E-state index contributed by atoms with van der Waals surface area (Å²) in [4.78, 5) is 17.0. The quantitative estimate of drug-likeness (QED) is 0.186. The third kappa shape index (κ3) is 4.95. The van der Waals surface area contributed by atoms with E-state index in [0.717, 1.165) is 55.7 Å². The summed E-state index contributed by atoms with van der Waals surface area (Å²) in [5, 5.41) is 4.46. The number of hydrogen-bond donors (Lipinski definition) is 0. The Morgan fingerprint density at radius 2 is 1.00 bits per heavy atom. The molecule has 0 saturated carbocycles. The van der Waals surface area contributed by atoms with Gasteiger partial charge in [-0.2, -0.15) is 0 Å². The van der Waals surface area contributed by atoms with Crippen molar-refractivity contribution in [3.05, 3.63) is 170 Å². The van der Waals surface area contributed by atoms with Gasteiger partial charge >= 0.3 is 0 Å². The smallest absolute Gasteiger partial charge is 0.164 e. The number of furan rings is 1. The fraction of sp³-hybridized carbons (Fsp3) is 0. The summed E-state index contributed by atoms with van der Waals surface area (Å²) in [6.07, 6.45) is 0. The third-order valence-corrected chi connectivity index (χ3v) is 8.68. The van der Waals surface area contributed by atoms with Crippen LogP contribution in [0.25, 0.3) is 66.9 Å². The van der Waals surface area contributed by atoms with Crippen LogP contribution in [0.2, 0.25) is 0 Å². The highest BCUT2D eigenvalue weighted by atomic mass is 16.3. The van der Waals surface area contributed by atoms with Gasteiger partial charge in [0.2, 0.25) is 0 Å². The van der Waals surface area contributed by atoms with Crippen molar-refractivity contribution >= 4 is 49.8 Å². The zero-order chi connectivity index (χ0) is 31.9. The van der Waals surface area contributed by atoms with E-state index in [9.17, 15) is 0 Å². The van der Waals surface area contributed by atoms with Gasteiger partial charge in [-0.25, -0.2) is 15.0 Å². The van der Waals surface area contributed by atoms with E-state index >= 15 is 0 Å². The van der Waals surface area contributed by atoms with Gasteiger partial charge < -0.3 is 9.32 Å². The lowest BCUT2D eigenvalue weighted by atomic mass is 10.1. The highest BCUT2D eigenvalue weighted by Crippen LogP contribution is 2.43. The molecule has 2 aromatic heterocycles. The molecule has 0 N–H and O–H groups in total. The van der Waals surface area contributed by atoms with Crippen LogP contribution in [0.5, 0.6) is 0 Å². The molecule has 0 spiro atoms. The first kappa shape index (κ1) is 27.7. The van der Waals surface area contributed by atoms with Crippen molar-refractivity contribution in [3.63, 3.8) is 0 Å². The number of nitrogens with zero attached hydrogens (tertiary/aromatic N) is 4. The summed E-state index contributed by atoms with van der Waals surface area (Å²) in [6, 6.07) is 58.1. The second-order valence-electron chi connectivity index (χ2n) is 11.7. The molecule has 9 rings (SSSR count). The Balaban J connectivity index is 1.21. The summed E-state index contributed by atoms with van der Waals surface area (Å²) in [6.45, 7) is 0. The van der Waals surface area contributed by atoms with Crippen LogP contribution in [0.4, 0.5) is 17.1 Å². The molecule has 0 atom stereocenters. The molecule has 0 saturated heterocycles. The minimum absolute atomic E-state index is 0.590. The van der Waals surface area contributed by atoms with Gasteiger partial charge in [0.05, 0.1) is 5.69 Å². The van der Waals surface area contributed by atoms with Crippen LogP contribution >= 0.6 is 0 Å². The number of aromatic nitrogens is 3. The Kier molecular flexibility index (Phi) is 6.72. The van der Waals surface area contributed by atoms with Crippen LogP contribution in [0.15, 0.2) is 174 Å². The van der Waals surface area contributed by atoms with Crippen LogP contribution in [-0.2, 0) is 0 Å². The van der Waals surface area contributed by atoms with Crippen molar-refractivity contribution in [2.75, 3.05) is 4.90 Å². The van der Waals surface area contributed by atoms with Crippen molar-refractivity contribution < 1.29 is 4.42 Å². The molecule has 0 fully saturated rings. The van der Waals surface area contributed by atoms with Crippen LogP contribution in [-0.4, -0.2) is 15.0 Å². The molecule has 0 aliphatic heterocycles. The molecule has 7 aromatic carbocycles. The Morgan fingerprint density at radius 1 is 0.396 bits per heavy atom. The summed E-state index contributed by atoms with van der Waals surface area (Å²) in [5.41, 5.74) is 7.37. The molecule has 226 valence electrons. The SMILES string of the molecule is c1ccc(-c2nc(-c3ccccc3)nc(-c3ccc4c(c3)oc3c(N(c5ccccc5)c5ccc6ccccc6c5)cccc34)n2)cc1. The molecule has 2 heterocycles. The van der Waals surface area contributed by atoms with Gasteiger partial charge in [-0.3, -0.25) is 0 Å².